The third kappa shape index (κ3) is 10.8. The van der Waals surface area contributed by atoms with Crippen molar-refractivity contribution in [3.05, 3.63) is 179 Å². The third-order valence-electron chi connectivity index (χ3n) is 16.5. The maximum Gasteiger partial charge on any atom is 0.115 e. The van der Waals surface area contributed by atoms with Crippen molar-refractivity contribution in [3.63, 3.8) is 0 Å². The van der Waals surface area contributed by atoms with Crippen molar-refractivity contribution in [1.29, 1.82) is 0 Å². The fourth-order valence-electron chi connectivity index (χ4n) is 12.5. The molecule has 0 spiro atoms. The van der Waals surface area contributed by atoms with Crippen LogP contribution in [-0.2, 0) is 16.2 Å². The summed E-state index contributed by atoms with van der Waals surface area (Å²) in [7, 11) is 0. The lowest BCUT2D eigenvalue weighted by Crippen LogP contribution is -2.40. The first-order valence-electron chi connectivity index (χ1n) is 24.7. The first-order valence-corrected chi connectivity index (χ1v) is 24.7. The molecule has 6 aromatic rings. The molecule has 6 atom stereocenters. The Morgan fingerprint density at radius 1 is 0.299 bits per heavy atom. The number of rotatable bonds is 6. The molecule has 6 aromatic carbocycles. The molecule has 354 valence electrons. The summed E-state index contributed by atoms with van der Waals surface area (Å²) in [6.45, 7) is 16.4. The van der Waals surface area contributed by atoms with Crippen LogP contribution in [0.2, 0.25) is 0 Å². The lowest BCUT2D eigenvalue weighted by Gasteiger charge is -2.47. The van der Waals surface area contributed by atoms with Gasteiger partial charge >= 0.3 is 0 Å². The molecule has 0 aromatic heterocycles. The van der Waals surface area contributed by atoms with Gasteiger partial charge in [0.25, 0.3) is 0 Å². The van der Waals surface area contributed by atoms with Crippen LogP contribution in [0.25, 0.3) is 0 Å². The molecule has 9 rings (SSSR count). The van der Waals surface area contributed by atoms with E-state index in [-0.39, 0.29) is 16.2 Å². The number of aromatic hydroxyl groups is 6. The summed E-state index contributed by atoms with van der Waals surface area (Å²) in [4.78, 5) is 0. The molecule has 6 N–H and O–H groups in total. The maximum atomic E-state index is 9.66. The number of phenolic OH excluding ortho intramolecular Hbond substituents is 6. The van der Waals surface area contributed by atoms with E-state index in [4.69, 9.17) is 0 Å². The fraction of sp³-hybridized carbons (Fsp3) is 0.410. The summed E-state index contributed by atoms with van der Waals surface area (Å²) in [5.74, 6) is 6.50. The molecule has 0 radical (unpaired) electrons. The van der Waals surface area contributed by atoms with Gasteiger partial charge in [0.1, 0.15) is 34.5 Å². The molecule has 67 heavy (non-hydrogen) atoms. The Balaban J connectivity index is 0.000000149. The standard InChI is InChI=1S/C21H26O2.2C20H24O2/c1-14-12-21(13-15(2)16(14)3,17-4-8-19(22)9-5-17)18-6-10-20(23)11-7-18;1-14-11-15(2)13-20(12-14,16-3-7-18(21)8-4-16)17-5-9-19(22)10-6-17;1-14-11-12-20(13-15(14)2,16-3-7-18(21)8-4-16)17-5-9-19(22)10-6-17/h4-11,14-16,22-23H,12-13H2,1-3H3;2*3-10,14-15,21-22H,11-13H2,1-2H3. The van der Waals surface area contributed by atoms with Crippen LogP contribution in [0.15, 0.2) is 146 Å². The monoisotopic (exact) mass is 903 g/mol. The van der Waals surface area contributed by atoms with E-state index in [2.05, 4.69) is 72.7 Å². The molecule has 0 saturated heterocycles. The van der Waals surface area contributed by atoms with E-state index in [1.807, 2.05) is 48.5 Å². The molecule has 6 nitrogen and oxygen atoms in total. The van der Waals surface area contributed by atoms with Crippen LogP contribution < -0.4 is 0 Å². The van der Waals surface area contributed by atoms with E-state index in [0.717, 1.165) is 44.4 Å². The van der Waals surface area contributed by atoms with E-state index in [0.29, 0.717) is 70.0 Å². The lowest BCUT2D eigenvalue weighted by molar-refractivity contribution is 0.135. The molecule has 0 heterocycles. The van der Waals surface area contributed by atoms with Gasteiger partial charge in [0.15, 0.2) is 0 Å². The smallest absolute Gasteiger partial charge is 0.115 e. The number of phenols is 6. The summed E-state index contributed by atoms with van der Waals surface area (Å²) in [5.41, 5.74) is 7.45. The minimum absolute atomic E-state index is 0.0205. The molecule has 0 aliphatic heterocycles. The van der Waals surface area contributed by atoms with Gasteiger partial charge in [-0.05, 0) is 199 Å². The minimum Gasteiger partial charge on any atom is -0.508 e. The van der Waals surface area contributed by atoms with Gasteiger partial charge < -0.3 is 30.6 Å². The normalized spacial score (nSPS) is 25.0. The van der Waals surface area contributed by atoms with Gasteiger partial charge in [-0.2, -0.15) is 0 Å². The van der Waals surface area contributed by atoms with Gasteiger partial charge in [-0.3, -0.25) is 0 Å². The van der Waals surface area contributed by atoms with Crippen molar-refractivity contribution in [2.75, 3.05) is 0 Å². The Labute approximate surface area is 400 Å². The van der Waals surface area contributed by atoms with Crippen molar-refractivity contribution in [2.24, 2.45) is 41.4 Å². The van der Waals surface area contributed by atoms with Gasteiger partial charge in [-0.25, -0.2) is 0 Å². The predicted molar refractivity (Wildman–Crippen MR) is 272 cm³/mol. The van der Waals surface area contributed by atoms with Gasteiger partial charge in [0.2, 0.25) is 0 Å². The van der Waals surface area contributed by atoms with Crippen LogP contribution in [0, 0.1) is 41.4 Å². The molecular weight excluding hydrogens is 829 g/mol. The topological polar surface area (TPSA) is 121 Å². The highest BCUT2D eigenvalue weighted by molar-refractivity contribution is 5.46. The molecule has 6 unspecified atom stereocenters. The molecule has 6 heteroatoms. The second kappa shape index (κ2) is 20.6. The molecule has 3 fully saturated rings. The molecular formula is C61H74O6. The lowest BCUT2D eigenvalue weighted by atomic mass is 9.57. The summed E-state index contributed by atoms with van der Waals surface area (Å²) in [5, 5.41) is 57.8. The Hall–Kier alpha value is -5.88. The zero-order valence-corrected chi connectivity index (χ0v) is 40.7. The average molecular weight is 903 g/mol. The van der Waals surface area contributed by atoms with Crippen LogP contribution in [-0.4, -0.2) is 30.6 Å². The predicted octanol–water partition coefficient (Wildman–Crippen LogP) is 14.8. The summed E-state index contributed by atoms with van der Waals surface area (Å²) >= 11 is 0. The van der Waals surface area contributed by atoms with Gasteiger partial charge in [0.05, 0.1) is 0 Å². The van der Waals surface area contributed by atoms with E-state index >= 15 is 0 Å². The van der Waals surface area contributed by atoms with Crippen molar-refractivity contribution in [2.45, 2.75) is 116 Å². The molecule has 3 aliphatic carbocycles. The number of benzene rings is 6. The zero-order valence-electron chi connectivity index (χ0n) is 40.7. The highest BCUT2D eigenvalue weighted by Gasteiger charge is 2.44. The number of hydrogen-bond acceptors (Lipinski definition) is 6. The molecule has 0 bridgehead atoms. The zero-order chi connectivity index (χ0) is 48.1. The highest BCUT2D eigenvalue weighted by Crippen LogP contribution is 2.53. The van der Waals surface area contributed by atoms with E-state index < -0.39 is 0 Å². The Morgan fingerprint density at radius 2 is 0.537 bits per heavy atom. The number of hydrogen-bond donors (Lipinski definition) is 6. The van der Waals surface area contributed by atoms with E-state index in [1.165, 1.54) is 46.2 Å². The van der Waals surface area contributed by atoms with Crippen LogP contribution >= 0.6 is 0 Å². The summed E-state index contributed by atoms with van der Waals surface area (Å²) < 4.78 is 0. The largest absolute Gasteiger partial charge is 0.508 e. The maximum absolute atomic E-state index is 9.66. The van der Waals surface area contributed by atoms with Crippen LogP contribution in [0.5, 0.6) is 34.5 Å². The van der Waals surface area contributed by atoms with Gasteiger partial charge in [0, 0.05) is 16.2 Å². The van der Waals surface area contributed by atoms with Crippen molar-refractivity contribution >= 4 is 0 Å². The van der Waals surface area contributed by atoms with Crippen molar-refractivity contribution in [1.82, 2.24) is 0 Å². The van der Waals surface area contributed by atoms with Gasteiger partial charge in [-0.15, -0.1) is 0 Å². The summed E-state index contributed by atoms with van der Waals surface area (Å²) in [6, 6.07) is 46.0. The average Bonchev–Trinajstić information content (AvgIpc) is 3.30. The fourth-order valence-corrected chi connectivity index (χ4v) is 12.5. The minimum atomic E-state index is -0.0489. The van der Waals surface area contributed by atoms with Gasteiger partial charge in [-0.1, -0.05) is 121 Å². The van der Waals surface area contributed by atoms with E-state index in [1.54, 1.807) is 72.8 Å². The second-order valence-corrected chi connectivity index (χ2v) is 21.3. The quantitative estimate of drug-likeness (QED) is 0.0990. The molecule has 3 aliphatic rings. The SMILES string of the molecule is CC1CC(C)CC(c2ccc(O)cc2)(c2ccc(O)cc2)C1.CC1CC(c2ccc(O)cc2)(c2ccc(O)cc2)CC(C)C1C.CC1CCC(c2ccc(O)cc2)(c2ccc(O)cc2)CC1C. The second-order valence-electron chi connectivity index (χ2n) is 21.3. The molecule has 3 saturated carbocycles. The first kappa shape index (κ1) is 49.0. The Kier molecular flexibility index (Phi) is 15.0. The molecule has 0 amide bonds. The van der Waals surface area contributed by atoms with Crippen LogP contribution in [0.3, 0.4) is 0 Å². The van der Waals surface area contributed by atoms with Crippen LogP contribution in [0.4, 0.5) is 0 Å². The van der Waals surface area contributed by atoms with Crippen molar-refractivity contribution < 1.29 is 30.6 Å². The Morgan fingerprint density at radius 3 is 0.806 bits per heavy atom. The Bertz CT molecular complexity index is 2310. The summed E-state index contributed by atoms with van der Waals surface area (Å²) in [6.07, 6.45) is 9.06. The van der Waals surface area contributed by atoms with Crippen molar-refractivity contribution in [3.8, 4) is 34.5 Å². The first-order chi connectivity index (χ1) is 31.9. The van der Waals surface area contributed by atoms with Crippen LogP contribution in [0.1, 0.15) is 133 Å². The van der Waals surface area contributed by atoms with E-state index in [9.17, 15) is 30.6 Å². The highest BCUT2D eigenvalue weighted by atomic mass is 16.3. The third-order valence-corrected chi connectivity index (χ3v) is 16.5.